The number of benzene rings is 2. The molecule has 1 aliphatic heterocycles. The molecule has 1 saturated heterocycles. The van der Waals surface area contributed by atoms with Gasteiger partial charge in [-0.05, 0) is 74.1 Å². The lowest BCUT2D eigenvalue weighted by atomic mass is 9.77. The van der Waals surface area contributed by atoms with Gasteiger partial charge >= 0.3 is 0 Å². The predicted molar refractivity (Wildman–Crippen MR) is 122 cm³/mol. The van der Waals surface area contributed by atoms with Gasteiger partial charge in [-0.25, -0.2) is 0 Å². The van der Waals surface area contributed by atoms with Crippen molar-refractivity contribution in [1.29, 1.82) is 0 Å². The highest BCUT2D eigenvalue weighted by molar-refractivity contribution is 5.66. The average molecular weight is 376 g/mol. The molecule has 0 aromatic heterocycles. The number of fused-ring (bicyclic) bond motifs is 2. The summed E-state index contributed by atoms with van der Waals surface area (Å²) in [5, 5.41) is 0. The Morgan fingerprint density at radius 2 is 1.57 bits per heavy atom. The zero-order valence-corrected chi connectivity index (χ0v) is 18.9. The lowest BCUT2D eigenvalue weighted by molar-refractivity contribution is 0.414. The van der Waals surface area contributed by atoms with Crippen LogP contribution in [-0.2, 0) is 11.8 Å². The summed E-state index contributed by atoms with van der Waals surface area (Å²) in [5.74, 6) is 1.08. The normalized spacial score (nSPS) is 23.2. The van der Waals surface area contributed by atoms with Crippen LogP contribution in [0.25, 0.3) is 0 Å². The minimum absolute atomic E-state index is 0.167. The number of hydrogen-bond donors (Lipinski definition) is 0. The second-order valence-corrected chi connectivity index (χ2v) is 10.6. The predicted octanol–water partition coefficient (Wildman–Crippen LogP) is 7.11. The summed E-state index contributed by atoms with van der Waals surface area (Å²) in [6, 6.07) is 14.2. The molecule has 150 valence electrons. The Kier molecular flexibility index (Phi) is 4.64. The van der Waals surface area contributed by atoms with Gasteiger partial charge in [0, 0.05) is 23.2 Å². The van der Waals surface area contributed by atoms with E-state index in [0.29, 0.717) is 17.3 Å². The van der Waals surface area contributed by atoms with E-state index < -0.39 is 0 Å². The maximum absolute atomic E-state index is 2.79. The molecule has 0 unspecified atom stereocenters. The van der Waals surface area contributed by atoms with Crippen LogP contribution < -0.4 is 4.90 Å². The SMILES string of the molecule is Cc1ccc2c(c1)[C@]1(CC2)CN(c2c(C(C)C)cccc2C(C)C)C(C)(C)C1. The van der Waals surface area contributed by atoms with Gasteiger partial charge in [0.2, 0.25) is 0 Å². The third-order valence-corrected chi connectivity index (χ3v) is 7.28. The van der Waals surface area contributed by atoms with E-state index in [9.17, 15) is 0 Å². The fourth-order valence-corrected chi connectivity index (χ4v) is 5.96. The van der Waals surface area contributed by atoms with E-state index in [2.05, 4.69) is 89.8 Å². The molecule has 2 aromatic rings. The van der Waals surface area contributed by atoms with Crippen LogP contribution in [0.4, 0.5) is 5.69 Å². The molecule has 2 aromatic carbocycles. The Hall–Kier alpha value is -1.76. The Morgan fingerprint density at radius 3 is 2.18 bits per heavy atom. The van der Waals surface area contributed by atoms with Gasteiger partial charge in [-0.15, -0.1) is 0 Å². The highest BCUT2D eigenvalue weighted by atomic mass is 15.2. The van der Waals surface area contributed by atoms with Crippen LogP contribution in [0.5, 0.6) is 0 Å². The highest BCUT2D eigenvalue weighted by Gasteiger charge is 2.52. The topological polar surface area (TPSA) is 3.24 Å². The molecule has 1 atom stereocenters. The molecule has 28 heavy (non-hydrogen) atoms. The largest absolute Gasteiger partial charge is 0.365 e. The molecule has 1 nitrogen and oxygen atoms in total. The van der Waals surface area contributed by atoms with Crippen molar-refractivity contribution in [3.63, 3.8) is 0 Å². The van der Waals surface area contributed by atoms with Gasteiger partial charge in [0.15, 0.2) is 0 Å². The first-order valence-electron chi connectivity index (χ1n) is 11.2. The first-order chi connectivity index (χ1) is 13.1. The fourth-order valence-electron chi connectivity index (χ4n) is 5.96. The Balaban J connectivity index is 1.85. The van der Waals surface area contributed by atoms with Crippen LogP contribution in [0.2, 0.25) is 0 Å². The number of aryl methyl sites for hydroxylation is 2. The Labute approximate surface area is 172 Å². The van der Waals surface area contributed by atoms with Gasteiger partial charge in [-0.3, -0.25) is 0 Å². The maximum Gasteiger partial charge on any atom is 0.0441 e. The average Bonchev–Trinajstić information content (AvgIpc) is 3.10. The van der Waals surface area contributed by atoms with Crippen molar-refractivity contribution in [2.75, 3.05) is 11.4 Å². The Bertz CT molecular complexity index is 863. The lowest BCUT2D eigenvalue weighted by Crippen LogP contribution is -2.39. The molecule has 0 amide bonds. The molecule has 0 radical (unpaired) electrons. The van der Waals surface area contributed by atoms with E-state index in [1.165, 1.54) is 41.6 Å². The molecular formula is C27H37N. The smallest absolute Gasteiger partial charge is 0.0441 e. The number of para-hydroxylation sites is 1. The van der Waals surface area contributed by atoms with Crippen molar-refractivity contribution in [3.8, 4) is 0 Å². The fraction of sp³-hybridized carbons (Fsp3) is 0.556. The van der Waals surface area contributed by atoms with Gasteiger partial charge in [0.05, 0.1) is 0 Å². The minimum atomic E-state index is 0.167. The van der Waals surface area contributed by atoms with Crippen LogP contribution in [0, 0.1) is 6.92 Å². The minimum Gasteiger partial charge on any atom is -0.365 e. The summed E-state index contributed by atoms with van der Waals surface area (Å²) in [4.78, 5) is 2.79. The van der Waals surface area contributed by atoms with E-state index in [1.54, 1.807) is 11.1 Å². The molecule has 0 N–H and O–H groups in total. The summed E-state index contributed by atoms with van der Waals surface area (Å²) in [7, 11) is 0. The van der Waals surface area contributed by atoms with Crippen LogP contribution in [-0.4, -0.2) is 12.1 Å². The summed E-state index contributed by atoms with van der Waals surface area (Å²) in [6.45, 7) is 17.7. The number of anilines is 1. The van der Waals surface area contributed by atoms with Crippen molar-refractivity contribution in [2.45, 2.75) is 90.5 Å². The van der Waals surface area contributed by atoms with Crippen molar-refractivity contribution in [1.82, 2.24) is 0 Å². The third-order valence-electron chi connectivity index (χ3n) is 7.28. The van der Waals surface area contributed by atoms with Crippen molar-refractivity contribution in [2.24, 2.45) is 0 Å². The van der Waals surface area contributed by atoms with Gasteiger partial charge in [0.1, 0.15) is 0 Å². The molecule has 1 fully saturated rings. The van der Waals surface area contributed by atoms with Gasteiger partial charge < -0.3 is 4.90 Å². The van der Waals surface area contributed by atoms with E-state index in [1.807, 2.05) is 0 Å². The molecule has 1 spiro atoms. The van der Waals surface area contributed by atoms with Gasteiger partial charge in [-0.1, -0.05) is 69.7 Å². The van der Waals surface area contributed by atoms with Crippen LogP contribution >= 0.6 is 0 Å². The van der Waals surface area contributed by atoms with Gasteiger partial charge in [-0.2, -0.15) is 0 Å². The molecule has 1 aliphatic carbocycles. The summed E-state index contributed by atoms with van der Waals surface area (Å²) < 4.78 is 0. The summed E-state index contributed by atoms with van der Waals surface area (Å²) in [6.07, 6.45) is 3.79. The van der Waals surface area contributed by atoms with Crippen molar-refractivity contribution in [3.05, 3.63) is 64.2 Å². The van der Waals surface area contributed by atoms with E-state index >= 15 is 0 Å². The Morgan fingerprint density at radius 1 is 0.929 bits per heavy atom. The maximum atomic E-state index is 2.79. The van der Waals surface area contributed by atoms with E-state index in [0.717, 1.165) is 6.54 Å². The number of nitrogens with zero attached hydrogens (tertiary/aromatic N) is 1. The zero-order valence-electron chi connectivity index (χ0n) is 18.9. The van der Waals surface area contributed by atoms with Crippen LogP contribution in [0.3, 0.4) is 0 Å². The quantitative estimate of drug-likeness (QED) is 0.552. The van der Waals surface area contributed by atoms with E-state index in [4.69, 9.17) is 0 Å². The molecule has 1 heterocycles. The first-order valence-corrected chi connectivity index (χ1v) is 11.2. The summed E-state index contributed by atoms with van der Waals surface area (Å²) >= 11 is 0. The second kappa shape index (κ2) is 6.65. The standard InChI is InChI=1S/C27H37N/c1-18(2)22-9-8-10-23(19(3)4)25(22)28-17-27(16-26(28,6)7)14-13-21-12-11-20(5)15-24(21)27/h8-12,15,18-19H,13-14,16-17H2,1-7H3/t27-/m0/s1. The molecular weight excluding hydrogens is 338 g/mol. The highest BCUT2D eigenvalue weighted by Crippen LogP contribution is 2.54. The van der Waals surface area contributed by atoms with Gasteiger partial charge in [0.25, 0.3) is 0 Å². The molecule has 2 aliphatic rings. The molecule has 0 saturated carbocycles. The number of rotatable bonds is 3. The van der Waals surface area contributed by atoms with Crippen molar-refractivity contribution < 1.29 is 0 Å². The molecule has 0 bridgehead atoms. The second-order valence-electron chi connectivity index (χ2n) is 10.6. The molecule has 1 heteroatoms. The van der Waals surface area contributed by atoms with Crippen LogP contribution in [0.15, 0.2) is 36.4 Å². The monoisotopic (exact) mass is 375 g/mol. The van der Waals surface area contributed by atoms with Crippen molar-refractivity contribution >= 4 is 5.69 Å². The number of hydrogen-bond acceptors (Lipinski definition) is 1. The van der Waals surface area contributed by atoms with E-state index in [-0.39, 0.29) is 5.54 Å². The molecule has 4 rings (SSSR count). The lowest BCUT2D eigenvalue weighted by Gasteiger charge is -2.38. The third kappa shape index (κ3) is 2.98. The summed E-state index contributed by atoms with van der Waals surface area (Å²) in [5.41, 5.74) is 9.65. The zero-order chi connectivity index (χ0) is 20.3. The first kappa shape index (κ1) is 19.6. The van der Waals surface area contributed by atoms with Crippen LogP contribution in [0.1, 0.15) is 94.0 Å².